The highest BCUT2D eigenvalue weighted by Gasteiger charge is 2.24. The molecule has 3 aromatic carbocycles. The number of rotatable bonds is 4. The molecule has 0 N–H and O–H groups in total. The molecule has 1 heterocycles. The average Bonchev–Trinajstić information content (AvgIpc) is 2.80. The third-order valence-electron chi connectivity index (χ3n) is 5.36. The van der Waals surface area contributed by atoms with E-state index in [1.807, 2.05) is 82.6 Å². The van der Waals surface area contributed by atoms with Crippen LogP contribution in [0.4, 0.5) is 0 Å². The van der Waals surface area contributed by atoms with Crippen LogP contribution in [0.25, 0.3) is 11.1 Å². The fraction of sp³-hybridized carbons (Fsp3) is 0.200. The van der Waals surface area contributed by atoms with Gasteiger partial charge in [0, 0.05) is 31.7 Å². The molecule has 3 aromatic rings. The summed E-state index contributed by atoms with van der Waals surface area (Å²) in [5.74, 6) is 0.148. The van der Waals surface area contributed by atoms with E-state index >= 15 is 0 Å². The number of carbonyl (C=O) groups excluding carboxylic acids is 2. The van der Waals surface area contributed by atoms with Crippen LogP contribution >= 0.6 is 0 Å². The first kappa shape index (κ1) is 18.9. The molecule has 0 bridgehead atoms. The standard InChI is InChI=1S/C25H24N2O2/c28-24(19-20-7-3-1-4-8-20)26-15-17-27(18-16-26)25(29)23-13-11-22(12-14-23)21-9-5-2-6-10-21/h1-14H,15-19H2. The topological polar surface area (TPSA) is 40.6 Å². The van der Waals surface area contributed by atoms with Gasteiger partial charge >= 0.3 is 0 Å². The zero-order valence-corrected chi connectivity index (χ0v) is 16.3. The molecule has 1 aliphatic rings. The summed E-state index contributed by atoms with van der Waals surface area (Å²) in [6, 6.07) is 27.7. The van der Waals surface area contributed by atoms with Crippen molar-refractivity contribution in [1.29, 1.82) is 0 Å². The molecule has 0 aromatic heterocycles. The average molecular weight is 384 g/mol. The zero-order valence-electron chi connectivity index (χ0n) is 16.3. The van der Waals surface area contributed by atoms with Gasteiger partial charge in [0.1, 0.15) is 0 Å². The third kappa shape index (κ3) is 4.54. The zero-order chi connectivity index (χ0) is 20.1. The number of nitrogens with zero attached hydrogens (tertiary/aromatic N) is 2. The Kier molecular flexibility index (Phi) is 5.71. The number of benzene rings is 3. The van der Waals surface area contributed by atoms with Crippen molar-refractivity contribution in [2.75, 3.05) is 26.2 Å². The monoisotopic (exact) mass is 384 g/mol. The molecule has 0 radical (unpaired) electrons. The van der Waals surface area contributed by atoms with Crippen LogP contribution in [0.3, 0.4) is 0 Å². The molecular weight excluding hydrogens is 360 g/mol. The van der Waals surface area contributed by atoms with E-state index in [2.05, 4.69) is 12.1 Å². The van der Waals surface area contributed by atoms with E-state index in [0.717, 1.165) is 16.7 Å². The van der Waals surface area contributed by atoms with Crippen molar-refractivity contribution in [3.05, 3.63) is 96.1 Å². The number of hydrogen-bond acceptors (Lipinski definition) is 2. The third-order valence-corrected chi connectivity index (χ3v) is 5.36. The Hall–Kier alpha value is -3.40. The lowest BCUT2D eigenvalue weighted by atomic mass is 10.0. The predicted molar refractivity (Wildman–Crippen MR) is 115 cm³/mol. The molecule has 1 fully saturated rings. The summed E-state index contributed by atoms with van der Waals surface area (Å²) in [6.07, 6.45) is 0.412. The number of amides is 2. The van der Waals surface area contributed by atoms with Crippen LogP contribution in [0.15, 0.2) is 84.9 Å². The van der Waals surface area contributed by atoms with Gasteiger partial charge < -0.3 is 9.80 Å². The molecule has 0 unspecified atom stereocenters. The minimum absolute atomic E-state index is 0.0276. The quantitative estimate of drug-likeness (QED) is 0.685. The summed E-state index contributed by atoms with van der Waals surface area (Å²) in [5.41, 5.74) is 3.94. The van der Waals surface area contributed by atoms with Crippen molar-refractivity contribution in [3.8, 4) is 11.1 Å². The van der Waals surface area contributed by atoms with E-state index in [-0.39, 0.29) is 11.8 Å². The molecule has 1 aliphatic heterocycles. The van der Waals surface area contributed by atoms with Gasteiger partial charge in [-0.05, 0) is 28.8 Å². The van der Waals surface area contributed by atoms with Gasteiger partial charge in [0.05, 0.1) is 6.42 Å². The molecular formula is C25H24N2O2. The second-order valence-corrected chi connectivity index (χ2v) is 7.28. The predicted octanol–water partition coefficient (Wildman–Crippen LogP) is 3.88. The Morgan fingerprint density at radius 2 is 1.14 bits per heavy atom. The van der Waals surface area contributed by atoms with Crippen molar-refractivity contribution in [2.45, 2.75) is 6.42 Å². The van der Waals surface area contributed by atoms with Crippen LogP contribution in [0.2, 0.25) is 0 Å². The van der Waals surface area contributed by atoms with E-state index in [1.165, 1.54) is 0 Å². The maximum absolute atomic E-state index is 12.8. The van der Waals surface area contributed by atoms with Crippen LogP contribution < -0.4 is 0 Å². The fourth-order valence-corrected chi connectivity index (χ4v) is 3.66. The first-order chi connectivity index (χ1) is 14.2. The highest BCUT2D eigenvalue weighted by Crippen LogP contribution is 2.20. The smallest absolute Gasteiger partial charge is 0.253 e. The summed E-state index contributed by atoms with van der Waals surface area (Å²) in [5, 5.41) is 0. The van der Waals surface area contributed by atoms with Crippen molar-refractivity contribution >= 4 is 11.8 Å². The van der Waals surface area contributed by atoms with Crippen molar-refractivity contribution in [3.63, 3.8) is 0 Å². The summed E-state index contributed by atoms with van der Waals surface area (Å²) < 4.78 is 0. The first-order valence-electron chi connectivity index (χ1n) is 9.97. The van der Waals surface area contributed by atoms with Crippen molar-refractivity contribution in [1.82, 2.24) is 9.80 Å². The van der Waals surface area contributed by atoms with E-state index in [4.69, 9.17) is 0 Å². The van der Waals surface area contributed by atoms with Gasteiger partial charge in [-0.25, -0.2) is 0 Å². The van der Waals surface area contributed by atoms with Crippen LogP contribution in [-0.2, 0) is 11.2 Å². The maximum atomic E-state index is 12.8. The summed E-state index contributed by atoms with van der Waals surface area (Å²) >= 11 is 0. The summed E-state index contributed by atoms with van der Waals surface area (Å²) in [7, 11) is 0. The number of hydrogen-bond donors (Lipinski definition) is 0. The first-order valence-corrected chi connectivity index (χ1v) is 9.97. The lowest BCUT2D eigenvalue weighted by Crippen LogP contribution is -2.51. The van der Waals surface area contributed by atoms with Crippen LogP contribution in [0.5, 0.6) is 0 Å². The Morgan fingerprint density at radius 3 is 1.76 bits per heavy atom. The van der Waals surface area contributed by atoms with Gasteiger partial charge in [-0.3, -0.25) is 9.59 Å². The Morgan fingerprint density at radius 1 is 0.621 bits per heavy atom. The highest BCUT2D eigenvalue weighted by molar-refractivity contribution is 5.95. The Balaban J connectivity index is 1.33. The van der Waals surface area contributed by atoms with E-state index in [9.17, 15) is 9.59 Å². The normalized spacial score (nSPS) is 13.9. The van der Waals surface area contributed by atoms with Gasteiger partial charge in [0.2, 0.25) is 5.91 Å². The molecule has 4 nitrogen and oxygen atoms in total. The van der Waals surface area contributed by atoms with Gasteiger partial charge in [-0.1, -0.05) is 72.8 Å². The molecule has 0 saturated carbocycles. The molecule has 2 amide bonds. The largest absolute Gasteiger partial charge is 0.339 e. The van der Waals surface area contributed by atoms with Crippen LogP contribution in [-0.4, -0.2) is 47.8 Å². The lowest BCUT2D eigenvalue weighted by molar-refractivity contribution is -0.131. The van der Waals surface area contributed by atoms with Crippen LogP contribution in [0.1, 0.15) is 15.9 Å². The van der Waals surface area contributed by atoms with E-state index in [1.54, 1.807) is 0 Å². The summed E-state index contributed by atoms with van der Waals surface area (Å²) in [6.45, 7) is 2.30. The second-order valence-electron chi connectivity index (χ2n) is 7.28. The molecule has 4 heteroatoms. The molecule has 29 heavy (non-hydrogen) atoms. The Labute approximate surface area is 171 Å². The molecule has 4 rings (SSSR count). The van der Waals surface area contributed by atoms with Crippen LogP contribution in [0, 0.1) is 0 Å². The van der Waals surface area contributed by atoms with Gasteiger partial charge in [-0.15, -0.1) is 0 Å². The SMILES string of the molecule is O=C(Cc1ccccc1)N1CCN(C(=O)c2ccc(-c3ccccc3)cc2)CC1. The second kappa shape index (κ2) is 8.74. The van der Waals surface area contributed by atoms with Gasteiger partial charge in [0.25, 0.3) is 5.91 Å². The minimum Gasteiger partial charge on any atom is -0.339 e. The minimum atomic E-state index is 0.0276. The highest BCUT2D eigenvalue weighted by atomic mass is 16.2. The molecule has 0 spiro atoms. The van der Waals surface area contributed by atoms with E-state index < -0.39 is 0 Å². The molecule has 0 aliphatic carbocycles. The number of carbonyl (C=O) groups is 2. The Bertz CT molecular complexity index is 961. The lowest BCUT2D eigenvalue weighted by Gasteiger charge is -2.35. The summed E-state index contributed by atoms with van der Waals surface area (Å²) in [4.78, 5) is 29.0. The van der Waals surface area contributed by atoms with E-state index in [0.29, 0.717) is 38.2 Å². The fourth-order valence-electron chi connectivity index (χ4n) is 3.66. The van der Waals surface area contributed by atoms with Crippen molar-refractivity contribution < 1.29 is 9.59 Å². The maximum Gasteiger partial charge on any atom is 0.253 e. The molecule has 0 atom stereocenters. The number of piperazine rings is 1. The van der Waals surface area contributed by atoms with Gasteiger partial charge in [-0.2, -0.15) is 0 Å². The molecule has 1 saturated heterocycles. The van der Waals surface area contributed by atoms with Crippen molar-refractivity contribution in [2.24, 2.45) is 0 Å². The molecule has 146 valence electrons. The van der Waals surface area contributed by atoms with Gasteiger partial charge in [0.15, 0.2) is 0 Å².